The van der Waals surface area contributed by atoms with Gasteiger partial charge in [0, 0.05) is 29.7 Å². The Morgan fingerprint density at radius 3 is 2.77 bits per heavy atom. The second-order valence-corrected chi connectivity index (χ2v) is 5.30. The maximum Gasteiger partial charge on any atom is 0.320 e. The zero-order valence-electron chi connectivity index (χ0n) is 11.5. The molecule has 0 bridgehead atoms. The molecule has 0 unspecified atom stereocenters. The van der Waals surface area contributed by atoms with Crippen molar-refractivity contribution < 1.29 is 14.1 Å². The summed E-state index contributed by atoms with van der Waals surface area (Å²) >= 11 is 5.84. The lowest BCUT2D eigenvalue weighted by atomic mass is 10.2. The molecule has 114 valence electrons. The molecule has 0 radical (unpaired) electrons. The molecular weight excluding hydrogens is 308 g/mol. The van der Waals surface area contributed by atoms with Gasteiger partial charge in [-0.15, -0.1) is 0 Å². The van der Waals surface area contributed by atoms with Gasteiger partial charge >= 0.3 is 6.03 Å². The van der Waals surface area contributed by atoms with E-state index in [0.29, 0.717) is 17.4 Å². The highest BCUT2D eigenvalue weighted by atomic mass is 35.5. The van der Waals surface area contributed by atoms with E-state index in [4.69, 9.17) is 11.6 Å². The van der Waals surface area contributed by atoms with Gasteiger partial charge in [0.15, 0.2) is 5.82 Å². The summed E-state index contributed by atoms with van der Waals surface area (Å²) < 4.78 is 4.62. The molecule has 0 aliphatic carbocycles. The van der Waals surface area contributed by atoms with Crippen LogP contribution in [0.1, 0.15) is 6.42 Å². The van der Waals surface area contributed by atoms with Crippen LogP contribution in [0.3, 0.4) is 0 Å². The number of aromatic nitrogens is 1. The number of rotatable bonds is 3. The van der Waals surface area contributed by atoms with Crippen molar-refractivity contribution in [3.05, 3.63) is 41.6 Å². The fraction of sp³-hybridized carbons (Fsp3) is 0.214. The Balaban J connectivity index is 1.59. The average Bonchev–Trinajstić information content (AvgIpc) is 3.10. The van der Waals surface area contributed by atoms with Gasteiger partial charge in [0.25, 0.3) is 0 Å². The average molecular weight is 321 g/mol. The molecule has 8 heteroatoms. The zero-order valence-corrected chi connectivity index (χ0v) is 12.2. The number of anilines is 2. The van der Waals surface area contributed by atoms with Crippen LogP contribution in [0, 0.1) is 0 Å². The van der Waals surface area contributed by atoms with Crippen LogP contribution in [-0.2, 0) is 4.79 Å². The van der Waals surface area contributed by atoms with Crippen LogP contribution in [0.25, 0.3) is 0 Å². The van der Waals surface area contributed by atoms with Crippen molar-refractivity contribution in [3.63, 3.8) is 0 Å². The Bertz CT molecular complexity index is 672. The molecule has 0 spiro atoms. The Labute approximate surface area is 131 Å². The van der Waals surface area contributed by atoms with Crippen LogP contribution in [0.5, 0.6) is 0 Å². The number of carbonyl (C=O) groups is 2. The summed E-state index contributed by atoms with van der Waals surface area (Å²) in [4.78, 5) is 25.5. The molecule has 1 aliphatic heterocycles. The lowest BCUT2D eigenvalue weighted by Crippen LogP contribution is -2.39. The number of hydrogen-bond donors (Lipinski definition) is 2. The van der Waals surface area contributed by atoms with Crippen LogP contribution < -0.4 is 15.5 Å². The molecule has 1 aromatic carbocycles. The zero-order chi connectivity index (χ0) is 15.5. The van der Waals surface area contributed by atoms with Gasteiger partial charge in [-0.3, -0.25) is 10.1 Å². The van der Waals surface area contributed by atoms with Gasteiger partial charge in [-0.2, -0.15) is 0 Å². The molecular formula is C14H13ClN4O3. The Morgan fingerprint density at radius 1 is 1.32 bits per heavy atom. The van der Waals surface area contributed by atoms with Crippen LogP contribution in [0.4, 0.5) is 16.3 Å². The first-order chi connectivity index (χ1) is 10.6. The van der Waals surface area contributed by atoms with Crippen LogP contribution in [0.2, 0.25) is 5.02 Å². The summed E-state index contributed by atoms with van der Waals surface area (Å²) in [5, 5.41) is 9.45. The number of urea groups is 1. The van der Waals surface area contributed by atoms with Gasteiger partial charge in [-0.05, 0) is 24.3 Å². The molecule has 0 saturated carbocycles. The van der Waals surface area contributed by atoms with Gasteiger partial charge < -0.3 is 14.7 Å². The largest absolute Gasteiger partial charge is 0.363 e. The minimum Gasteiger partial charge on any atom is -0.363 e. The topological polar surface area (TPSA) is 87.5 Å². The van der Waals surface area contributed by atoms with E-state index in [9.17, 15) is 9.59 Å². The third-order valence-corrected chi connectivity index (χ3v) is 3.53. The maximum absolute atomic E-state index is 12.1. The molecule has 7 nitrogen and oxygen atoms in total. The van der Waals surface area contributed by atoms with Crippen molar-refractivity contribution in [1.29, 1.82) is 0 Å². The summed E-state index contributed by atoms with van der Waals surface area (Å²) in [5.41, 5.74) is 0.760. The standard InChI is InChI=1S/C14H13ClN4O3/c15-9-1-3-11(4-2-9)19-8-10(7-13(19)20)16-14(21)17-12-5-6-22-18-12/h1-6,10H,7-8H2,(H2,16,17,18,21)/t10-/m0/s1. The Morgan fingerprint density at radius 2 is 2.09 bits per heavy atom. The molecule has 2 aromatic rings. The van der Waals surface area contributed by atoms with E-state index < -0.39 is 6.03 Å². The number of carbonyl (C=O) groups excluding carboxylic acids is 2. The molecule has 2 heterocycles. The first kappa shape index (κ1) is 14.4. The molecule has 3 amide bonds. The maximum atomic E-state index is 12.1. The van der Waals surface area contributed by atoms with E-state index in [1.165, 1.54) is 12.3 Å². The van der Waals surface area contributed by atoms with Crippen molar-refractivity contribution in [3.8, 4) is 0 Å². The third kappa shape index (κ3) is 3.20. The van der Waals surface area contributed by atoms with Gasteiger partial charge in [-0.25, -0.2) is 4.79 Å². The van der Waals surface area contributed by atoms with Crippen molar-refractivity contribution >= 4 is 35.0 Å². The number of nitrogens with one attached hydrogen (secondary N) is 2. The van der Waals surface area contributed by atoms with Gasteiger partial charge in [0.2, 0.25) is 5.91 Å². The van der Waals surface area contributed by atoms with E-state index in [0.717, 1.165) is 5.69 Å². The first-order valence-electron chi connectivity index (χ1n) is 6.65. The monoisotopic (exact) mass is 320 g/mol. The number of halogens is 1. The lowest BCUT2D eigenvalue weighted by Gasteiger charge is -2.17. The van der Waals surface area contributed by atoms with Gasteiger partial charge in [0.1, 0.15) is 6.26 Å². The molecule has 1 fully saturated rings. The van der Waals surface area contributed by atoms with E-state index in [1.807, 2.05) is 0 Å². The normalized spacial score (nSPS) is 17.6. The van der Waals surface area contributed by atoms with E-state index in [2.05, 4.69) is 20.3 Å². The van der Waals surface area contributed by atoms with E-state index in [1.54, 1.807) is 29.2 Å². The Hall–Kier alpha value is -2.54. The fourth-order valence-electron chi connectivity index (χ4n) is 2.29. The second-order valence-electron chi connectivity index (χ2n) is 4.86. The molecule has 1 aromatic heterocycles. The van der Waals surface area contributed by atoms with E-state index >= 15 is 0 Å². The minimum atomic E-state index is -0.426. The highest BCUT2D eigenvalue weighted by molar-refractivity contribution is 6.30. The minimum absolute atomic E-state index is 0.0472. The van der Waals surface area contributed by atoms with Crippen LogP contribution in [-0.4, -0.2) is 29.7 Å². The highest BCUT2D eigenvalue weighted by Crippen LogP contribution is 2.23. The van der Waals surface area contributed by atoms with Crippen molar-refractivity contribution in [2.24, 2.45) is 0 Å². The van der Waals surface area contributed by atoms with Crippen LogP contribution >= 0.6 is 11.6 Å². The van der Waals surface area contributed by atoms with Crippen LogP contribution in [0.15, 0.2) is 41.1 Å². The Kier molecular flexibility index (Phi) is 3.97. The van der Waals surface area contributed by atoms with Gasteiger partial charge in [0.05, 0.1) is 6.04 Å². The van der Waals surface area contributed by atoms with Crippen molar-refractivity contribution in [1.82, 2.24) is 10.5 Å². The number of nitrogens with zero attached hydrogens (tertiary/aromatic N) is 2. The first-order valence-corrected chi connectivity index (χ1v) is 7.03. The lowest BCUT2D eigenvalue weighted by molar-refractivity contribution is -0.117. The summed E-state index contributed by atoms with van der Waals surface area (Å²) in [6.45, 7) is 0.409. The van der Waals surface area contributed by atoms with Gasteiger partial charge in [-0.1, -0.05) is 16.8 Å². The third-order valence-electron chi connectivity index (χ3n) is 3.28. The summed E-state index contributed by atoms with van der Waals surface area (Å²) in [6, 6.07) is 7.83. The molecule has 1 atom stereocenters. The predicted octanol–water partition coefficient (Wildman–Crippen LogP) is 2.25. The number of amides is 3. The van der Waals surface area contributed by atoms with Crippen molar-refractivity contribution in [2.75, 3.05) is 16.8 Å². The summed E-state index contributed by atoms with van der Waals surface area (Å²) in [7, 11) is 0. The second kappa shape index (κ2) is 6.07. The summed E-state index contributed by atoms with van der Waals surface area (Å²) in [6.07, 6.45) is 1.60. The predicted molar refractivity (Wildman–Crippen MR) is 80.9 cm³/mol. The van der Waals surface area contributed by atoms with Crippen molar-refractivity contribution in [2.45, 2.75) is 12.5 Å². The SMILES string of the molecule is O=C(Nc1ccon1)N[C@H]1CC(=O)N(c2ccc(Cl)cc2)C1. The van der Waals surface area contributed by atoms with E-state index in [-0.39, 0.29) is 18.4 Å². The summed E-state index contributed by atoms with van der Waals surface area (Å²) in [5.74, 6) is 0.269. The number of benzene rings is 1. The fourth-order valence-corrected chi connectivity index (χ4v) is 2.42. The molecule has 1 saturated heterocycles. The quantitative estimate of drug-likeness (QED) is 0.908. The highest BCUT2D eigenvalue weighted by Gasteiger charge is 2.31. The molecule has 1 aliphatic rings. The molecule has 2 N–H and O–H groups in total. The molecule has 3 rings (SSSR count). The smallest absolute Gasteiger partial charge is 0.320 e. The number of hydrogen-bond acceptors (Lipinski definition) is 4. The molecule has 22 heavy (non-hydrogen) atoms.